The predicted octanol–water partition coefficient (Wildman–Crippen LogP) is 0.229. The van der Waals surface area contributed by atoms with Crippen LogP contribution < -0.4 is 4.90 Å². The maximum absolute atomic E-state index is 8.89. The Labute approximate surface area is 93.3 Å². The topological polar surface area (TPSA) is 69.5 Å². The molecule has 15 heavy (non-hydrogen) atoms. The van der Waals surface area contributed by atoms with E-state index in [9.17, 15) is 0 Å². The zero-order valence-electron chi connectivity index (χ0n) is 8.52. The Kier molecular flexibility index (Phi) is 4.74. The van der Waals surface area contributed by atoms with Gasteiger partial charge in [-0.3, -0.25) is 0 Å². The van der Waals surface area contributed by atoms with E-state index in [1.165, 1.54) is 0 Å². The van der Waals surface area contributed by atoms with Gasteiger partial charge in [-0.05, 0) is 18.5 Å². The third-order valence-electron chi connectivity index (χ3n) is 1.95. The second-order valence-electron chi connectivity index (χ2n) is 3.08. The van der Waals surface area contributed by atoms with Crippen molar-refractivity contribution in [3.05, 3.63) is 17.0 Å². The Bertz CT molecular complexity index is 316. The zero-order chi connectivity index (χ0) is 11.3. The van der Waals surface area contributed by atoms with Gasteiger partial charge in [-0.15, -0.1) is 0 Å². The molecule has 0 amide bonds. The van der Waals surface area contributed by atoms with Crippen LogP contribution in [-0.4, -0.2) is 46.5 Å². The van der Waals surface area contributed by atoms with Crippen molar-refractivity contribution in [2.45, 2.75) is 6.92 Å². The lowest BCUT2D eigenvalue weighted by Gasteiger charge is -2.23. The summed E-state index contributed by atoms with van der Waals surface area (Å²) in [5.41, 5.74) is 0.862. The summed E-state index contributed by atoms with van der Waals surface area (Å²) in [7, 11) is 0. The first kappa shape index (κ1) is 12.2. The smallest absolute Gasteiger partial charge is 0.224 e. The van der Waals surface area contributed by atoms with Crippen molar-refractivity contribution >= 4 is 17.4 Å². The molecule has 0 saturated heterocycles. The van der Waals surface area contributed by atoms with Gasteiger partial charge in [-0.2, -0.15) is 0 Å². The van der Waals surface area contributed by atoms with Crippen molar-refractivity contribution in [1.29, 1.82) is 0 Å². The summed E-state index contributed by atoms with van der Waals surface area (Å²) in [5, 5.41) is 17.9. The molecule has 0 atom stereocenters. The molecule has 0 bridgehead atoms. The van der Waals surface area contributed by atoms with Gasteiger partial charge < -0.3 is 15.1 Å². The molecule has 0 aliphatic carbocycles. The van der Waals surface area contributed by atoms with Crippen LogP contribution in [0.25, 0.3) is 0 Å². The number of hydrogen-bond acceptors (Lipinski definition) is 5. The maximum Gasteiger partial charge on any atom is 0.224 e. The molecule has 6 heteroatoms. The minimum atomic E-state index is 0.00105. The Morgan fingerprint density at radius 3 is 2.47 bits per heavy atom. The van der Waals surface area contributed by atoms with E-state index in [4.69, 9.17) is 21.8 Å². The van der Waals surface area contributed by atoms with E-state index in [2.05, 4.69) is 9.97 Å². The first-order chi connectivity index (χ1) is 7.19. The third kappa shape index (κ3) is 3.30. The number of halogens is 1. The van der Waals surface area contributed by atoms with Gasteiger partial charge in [0.05, 0.1) is 13.2 Å². The lowest BCUT2D eigenvalue weighted by Crippen LogP contribution is -2.31. The van der Waals surface area contributed by atoms with Gasteiger partial charge in [0.2, 0.25) is 5.28 Å². The second kappa shape index (κ2) is 5.85. The maximum atomic E-state index is 8.89. The molecule has 1 aromatic heterocycles. The molecule has 1 rings (SSSR count). The zero-order valence-corrected chi connectivity index (χ0v) is 9.28. The van der Waals surface area contributed by atoms with E-state index >= 15 is 0 Å². The molecule has 0 unspecified atom stereocenters. The molecule has 0 radical (unpaired) electrons. The fraction of sp³-hybridized carbons (Fsp3) is 0.556. The van der Waals surface area contributed by atoms with Crippen LogP contribution in [0.4, 0.5) is 5.82 Å². The van der Waals surface area contributed by atoms with Crippen molar-refractivity contribution < 1.29 is 10.2 Å². The van der Waals surface area contributed by atoms with Crippen LogP contribution in [0.3, 0.4) is 0 Å². The third-order valence-corrected chi connectivity index (χ3v) is 2.14. The summed E-state index contributed by atoms with van der Waals surface area (Å²) in [6.45, 7) is 2.68. The summed E-state index contributed by atoms with van der Waals surface area (Å²) >= 11 is 5.69. The number of rotatable bonds is 5. The minimum Gasteiger partial charge on any atom is -0.395 e. The molecule has 1 heterocycles. The molecule has 5 nitrogen and oxygen atoms in total. The molecular weight excluding hydrogens is 218 g/mol. The average Bonchev–Trinajstić information content (AvgIpc) is 2.21. The van der Waals surface area contributed by atoms with Gasteiger partial charge in [-0.1, -0.05) is 0 Å². The number of aromatic nitrogens is 2. The standard InChI is InChI=1S/C9H14ClN3O2/c1-7-6-11-9(10)12-8(7)13(2-4-14)3-5-15/h6,14-15H,2-5H2,1H3. The van der Waals surface area contributed by atoms with E-state index in [0.29, 0.717) is 18.9 Å². The fourth-order valence-electron chi connectivity index (χ4n) is 1.30. The van der Waals surface area contributed by atoms with Crippen molar-refractivity contribution in [3.8, 4) is 0 Å². The summed E-state index contributed by atoms with van der Waals surface area (Å²) < 4.78 is 0. The Hall–Kier alpha value is -0.910. The molecule has 0 aliphatic rings. The largest absolute Gasteiger partial charge is 0.395 e. The van der Waals surface area contributed by atoms with Crippen molar-refractivity contribution in [2.75, 3.05) is 31.2 Å². The van der Waals surface area contributed by atoms with E-state index in [-0.39, 0.29) is 18.5 Å². The molecule has 0 spiro atoms. The van der Waals surface area contributed by atoms with Crippen LogP contribution in [0.5, 0.6) is 0 Å². The molecule has 84 valence electrons. The second-order valence-corrected chi connectivity index (χ2v) is 3.42. The van der Waals surface area contributed by atoms with Crippen LogP contribution in [0.2, 0.25) is 5.28 Å². The number of hydrogen-bond donors (Lipinski definition) is 2. The molecular formula is C9H14ClN3O2. The highest BCUT2D eigenvalue weighted by molar-refractivity contribution is 6.28. The van der Waals surface area contributed by atoms with Gasteiger partial charge in [-0.25, -0.2) is 9.97 Å². The van der Waals surface area contributed by atoms with Crippen molar-refractivity contribution in [3.63, 3.8) is 0 Å². The number of aliphatic hydroxyl groups is 2. The predicted molar refractivity (Wildman–Crippen MR) is 58.2 cm³/mol. The summed E-state index contributed by atoms with van der Waals surface area (Å²) in [4.78, 5) is 9.68. The Morgan fingerprint density at radius 1 is 1.33 bits per heavy atom. The lowest BCUT2D eigenvalue weighted by molar-refractivity contribution is 0.280. The van der Waals surface area contributed by atoms with Crippen LogP contribution in [0.15, 0.2) is 6.20 Å². The molecule has 1 aromatic rings. The van der Waals surface area contributed by atoms with Crippen LogP contribution in [0.1, 0.15) is 5.56 Å². The lowest BCUT2D eigenvalue weighted by atomic mass is 10.3. The number of anilines is 1. The number of aryl methyl sites for hydroxylation is 1. The summed E-state index contributed by atoms with van der Waals surface area (Å²) in [6, 6.07) is 0. The van der Waals surface area contributed by atoms with Crippen molar-refractivity contribution in [1.82, 2.24) is 9.97 Å². The van der Waals surface area contributed by atoms with E-state index in [1.807, 2.05) is 6.92 Å². The minimum absolute atomic E-state index is 0.00105. The SMILES string of the molecule is Cc1cnc(Cl)nc1N(CCO)CCO. The van der Waals surface area contributed by atoms with Gasteiger partial charge in [0.15, 0.2) is 0 Å². The highest BCUT2D eigenvalue weighted by Gasteiger charge is 2.10. The molecule has 0 saturated carbocycles. The highest BCUT2D eigenvalue weighted by Crippen LogP contribution is 2.17. The van der Waals surface area contributed by atoms with Crippen LogP contribution >= 0.6 is 11.6 Å². The van der Waals surface area contributed by atoms with Gasteiger partial charge in [0.25, 0.3) is 0 Å². The van der Waals surface area contributed by atoms with Crippen LogP contribution in [-0.2, 0) is 0 Å². The molecule has 0 fully saturated rings. The van der Waals surface area contributed by atoms with Crippen LogP contribution in [0, 0.1) is 6.92 Å². The monoisotopic (exact) mass is 231 g/mol. The van der Waals surface area contributed by atoms with E-state index < -0.39 is 0 Å². The van der Waals surface area contributed by atoms with Gasteiger partial charge >= 0.3 is 0 Å². The first-order valence-electron chi connectivity index (χ1n) is 4.65. The molecule has 0 aliphatic heterocycles. The Balaban J connectivity index is 2.93. The number of nitrogens with zero attached hydrogens (tertiary/aromatic N) is 3. The first-order valence-corrected chi connectivity index (χ1v) is 5.02. The van der Waals surface area contributed by atoms with Gasteiger partial charge in [0.1, 0.15) is 5.82 Å². The van der Waals surface area contributed by atoms with Gasteiger partial charge in [0, 0.05) is 24.8 Å². The van der Waals surface area contributed by atoms with E-state index in [1.54, 1.807) is 11.1 Å². The molecule has 2 N–H and O–H groups in total. The normalized spacial score (nSPS) is 10.4. The quantitative estimate of drug-likeness (QED) is 0.710. The number of aliphatic hydroxyl groups excluding tert-OH is 2. The van der Waals surface area contributed by atoms with Crippen molar-refractivity contribution in [2.24, 2.45) is 0 Å². The summed E-state index contributed by atoms with van der Waals surface area (Å²) in [5.74, 6) is 0.651. The Morgan fingerprint density at radius 2 is 1.93 bits per heavy atom. The molecule has 0 aromatic carbocycles. The average molecular weight is 232 g/mol. The fourth-order valence-corrected chi connectivity index (χ4v) is 1.43. The highest BCUT2D eigenvalue weighted by atomic mass is 35.5. The summed E-state index contributed by atoms with van der Waals surface area (Å²) in [6.07, 6.45) is 1.62. The van der Waals surface area contributed by atoms with E-state index in [0.717, 1.165) is 5.56 Å².